The summed E-state index contributed by atoms with van der Waals surface area (Å²) in [6, 6.07) is 15.6. The second-order valence-electron chi connectivity index (χ2n) is 5.64. The van der Waals surface area contributed by atoms with Crippen LogP contribution in [0.4, 0.5) is 0 Å². The maximum Gasteiger partial charge on any atom is 0.279 e. The van der Waals surface area contributed by atoms with E-state index >= 15 is 0 Å². The van der Waals surface area contributed by atoms with Gasteiger partial charge in [-0.15, -0.1) is 11.3 Å². The summed E-state index contributed by atoms with van der Waals surface area (Å²) >= 11 is 4.91. The van der Waals surface area contributed by atoms with Crippen molar-refractivity contribution in [1.82, 2.24) is 4.57 Å². The molecule has 0 atom stereocenters. The molecule has 3 nitrogen and oxygen atoms in total. The van der Waals surface area contributed by atoms with Crippen molar-refractivity contribution in [3.05, 3.63) is 73.8 Å². The number of thiazole rings is 1. The Morgan fingerprint density at radius 3 is 2.29 bits per heavy atom. The van der Waals surface area contributed by atoms with E-state index in [1.54, 1.807) is 12.1 Å². The average molecular weight is 401 g/mol. The summed E-state index contributed by atoms with van der Waals surface area (Å²) < 4.78 is 2.93. The molecule has 0 saturated heterocycles. The van der Waals surface area contributed by atoms with Gasteiger partial charge < -0.3 is 4.57 Å². The molecule has 0 spiro atoms. The molecule has 1 heterocycles. The molecular formula is C19H17BrN2OS. The second kappa shape index (κ2) is 6.87. The van der Waals surface area contributed by atoms with Gasteiger partial charge in [0.2, 0.25) is 0 Å². The Kier molecular flexibility index (Phi) is 4.83. The normalized spacial score (nSPS) is 11.8. The Bertz CT molecular complexity index is 951. The number of carbonyl (C=O) groups excluding carboxylic acids is 1. The molecular weight excluding hydrogens is 384 g/mol. The predicted octanol–water partition coefficient (Wildman–Crippen LogP) is 4.87. The van der Waals surface area contributed by atoms with Crippen molar-refractivity contribution in [1.29, 1.82) is 0 Å². The monoisotopic (exact) mass is 400 g/mol. The summed E-state index contributed by atoms with van der Waals surface area (Å²) in [6.45, 7) is 4.13. The minimum absolute atomic E-state index is 0.227. The maximum absolute atomic E-state index is 12.4. The van der Waals surface area contributed by atoms with Crippen molar-refractivity contribution >= 4 is 33.2 Å². The van der Waals surface area contributed by atoms with E-state index in [0.29, 0.717) is 10.4 Å². The third-order valence-corrected chi connectivity index (χ3v) is 5.39. The van der Waals surface area contributed by atoms with Gasteiger partial charge in [0.15, 0.2) is 4.80 Å². The molecule has 3 aromatic rings. The number of aromatic nitrogens is 1. The second-order valence-corrected chi connectivity index (χ2v) is 7.74. The van der Waals surface area contributed by atoms with Crippen LogP contribution in [0.3, 0.4) is 0 Å². The van der Waals surface area contributed by atoms with Crippen LogP contribution in [-0.4, -0.2) is 10.5 Å². The summed E-state index contributed by atoms with van der Waals surface area (Å²) in [5, 5.41) is 0. The molecule has 0 unspecified atom stereocenters. The van der Waals surface area contributed by atoms with Crippen LogP contribution in [0.15, 0.2) is 58.0 Å². The summed E-state index contributed by atoms with van der Waals surface area (Å²) in [5.41, 5.74) is 4.04. The summed E-state index contributed by atoms with van der Waals surface area (Å²) in [7, 11) is 1.95. The molecule has 1 aromatic heterocycles. The minimum atomic E-state index is -0.227. The zero-order valence-electron chi connectivity index (χ0n) is 13.7. The van der Waals surface area contributed by atoms with E-state index in [2.05, 4.69) is 59.0 Å². The van der Waals surface area contributed by atoms with E-state index in [1.807, 2.05) is 23.7 Å². The van der Waals surface area contributed by atoms with Crippen LogP contribution >= 0.6 is 27.3 Å². The number of aryl methyl sites for hydroxylation is 2. The first-order valence-corrected chi connectivity index (χ1v) is 9.15. The van der Waals surface area contributed by atoms with E-state index < -0.39 is 0 Å². The zero-order chi connectivity index (χ0) is 17.3. The third kappa shape index (κ3) is 3.42. The van der Waals surface area contributed by atoms with Crippen LogP contribution in [0.5, 0.6) is 0 Å². The highest BCUT2D eigenvalue weighted by molar-refractivity contribution is 9.10. The van der Waals surface area contributed by atoms with E-state index in [0.717, 1.165) is 20.6 Å². The van der Waals surface area contributed by atoms with Gasteiger partial charge in [-0.2, -0.15) is 4.99 Å². The van der Waals surface area contributed by atoms with Crippen molar-refractivity contribution in [3.63, 3.8) is 0 Å². The Labute approximate surface area is 153 Å². The smallest absolute Gasteiger partial charge is 0.279 e. The van der Waals surface area contributed by atoms with Crippen molar-refractivity contribution in [3.8, 4) is 11.3 Å². The van der Waals surface area contributed by atoms with E-state index in [4.69, 9.17) is 0 Å². The Hall–Kier alpha value is -1.98. The zero-order valence-corrected chi connectivity index (χ0v) is 16.1. The van der Waals surface area contributed by atoms with Crippen LogP contribution in [0, 0.1) is 13.8 Å². The van der Waals surface area contributed by atoms with Gasteiger partial charge in [0.1, 0.15) is 0 Å². The lowest BCUT2D eigenvalue weighted by atomic mass is 10.1. The van der Waals surface area contributed by atoms with Crippen LogP contribution in [0.2, 0.25) is 0 Å². The lowest BCUT2D eigenvalue weighted by Crippen LogP contribution is -2.14. The number of carbonyl (C=O) groups is 1. The first-order valence-electron chi connectivity index (χ1n) is 7.54. The number of benzene rings is 2. The van der Waals surface area contributed by atoms with Crippen LogP contribution < -0.4 is 4.80 Å². The van der Waals surface area contributed by atoms with Crippen LogP contribution in [0.1, 0.15) is 20.8 Å². The molecule has 0 radical (unpaired) electrons. The van der Waals surface area contributed by atoms with Gasteiger partial charge >= 0.3 is 0 Å². The fourth-order valence-corrected chi connectivity index (χ4v) is 3.78. The number of amides is 1. The van der Waals surface area contributed by atoms with Crippen LogP contribution in [0.25, 0.3) is 11.3 Å². The van der Waals surface area contributed by atoms with Crippen molar-refractivity contribution in [2.75, 3.05) is 0 Å². The highest BCUT2D eigenvalue weighted by atomic mass is 79.9. The van der Waals surface area contributed by atoms with E-state index in [1.165, 1.54) is 16.9 Å². The standard InChI is InChI=1S/C19H17BrN2OS/c1-12-4-6-14(7-5-12)17-13(2)24-19(22(17)3)21-18(23)15-8-10-16(20)11-9-15/h4-11H,1-3H3. The Morgan fingerprint density at radius 2 is 1.67 bits per heavy atom. The fraction of sp³-hybridized carbons (Fsp3) is 0.158. The highest BCUT2D eigenvalue weighted by Crippen LogP contribution is 2.24. The molecule has 3 rings (SSSR count). The molecule has 1 amide bonds. The SMILES string of the molecule is Cc1ccc(-c2c(C)sc(=NC(=O)c3ccc(Br)cc3)n2C)cc1. The van der Waals surface area contributed by atoms with E-state index in [9.17, 15) is 4.79 Å². The highest BCUT2D eigenvalue weighted by Gasteiger charge is 2.11. The van der Waals surface area contributed by atoms with Crippen molar-refractivity contribution < 1.29 is 4.79 Å². The van der Waals surface area contributed by atoms with Crippen molar-refractivity contribution in [2.24, 2.45) is 12.0 Å². The number of rotatable bonds is 2. The van der Waals surface area contributed by atoms with Gasteiger partial charge in [-0.1, -0.05) is 45.8 Å². The van der Waals surface area contributed by atoms with Gasteiger partial charge in [-0.05, 0) is 43.7 Å². The summed E-state index contributed by atoms with van der Waals surface area (Å²) in [6.07, 6.45) is 0. The minimum Gasteiger partial charge on any atom is -0.319 e. The first-order chi connectivity index (χ1) is 11.5. The first kappa shape index (κ1) is 16.9. The third-order valence-electron chi connectivity index (χ3n) is 3.81. The molecule has 0 saturated carbocycles. The molecule has 0 aliphatic rings. The van der Waals surface area contributed by atoms with Gasteiger partial charge in [0, 0.05) is 22.0 Å². The average Bonchev–Trinajstić information content (AvgIpc) is 2.83. The quantitative estimate of drug-likeness (QED) is 0.603. The largest absolute Gasteiger partial charge is 0.319 e. The molecule has 5 heteroatoms. The lowest BCUT2D eigenvalue weighted by Gasteiger charge is -2.05. The topological polar surface area (TPSA) is 34.4 Å². The van der Waals surface area contributed by atoms with E-state index in [-0.39, 0.29) is 5.91 Å². The Balaban J connectivity index is 2.03. The maximum atomic E-state index is 12.4. The van der Waals surface area contributed by atoms with Gasteiger partial charge in [0.25, 0.3) is 5.91 Å². The molecule has 0 N–H and O–H groups in total. The predicted molar refractivity (Wildman–Crippen MR) is 102 cm³/mol. The molecule has 0 aliphatic heterocycles. The molecule has 122 valence electrons. The fourth-order valence-electron chi connectivity index (χ4n) is 2.54. The summed E-state index contributed by atoms with van der Waals surface area (Å²) in [5.74, 6) is -0.227. The lowest BCUT2D eigenvalue weighted by molar-refractivity contribution is 0.0998. The molecule has 0 aliphatic carbocycles. The number of halogens is 1. The van der Waals surface area contributed by atoms with Gasteiger partial charge in [0.05, 0.1) is 5.69 Å². The summed E-state index contributed by atoms with van der Waals surface area (Å²) in [4.78, 5) is 18.5. The van der Waals surface area contributed by atoms with Gasteiger partial charge in [-0.3, -0.25) is 4.79 Å². The molecule has 24 heavy (non-hydrogen) atoms. The molecule has 0 bridgehead atoms. The number of hydrogen-bond donors (Lipinski definition) is 0. The number of hydrogen-bond acceptors (Lipinski definition) is 2. The van der Waals surface area contributed by atoms with Gasteiger partial charge in [-0.25, -0.2) is 0 Å². The molecule has 2 aromatic carbocycles. The van der Waals surface area contributed by atoms with Crippen LogP contribution in [-0.2, 0) is 7.05 Å². The Morgan fingerprint density at radius 1 is 1.04 bits per heavy atom. The number of nitrogens with zero attached hydrogens (tertiary/aromatic N) is 2. The van der Waals surface area contributed by atoms with Crippen molar-refractivity contribution in [2.45, 2.75) is 13.8 Å². The molecule has 0 fully saturated rings.